The first-order valence-electron chi connectivity index (χ1n) is 7.22. The van der Waals surface area contributed by atoms with Gasteiger partial charge in [0.25, 0.3) is 0 Å². The first-order valence-corrected chi connectivity index (χ1v) is 9.02. The average molecular weight is 335 g/mol. The number of rotatable bonds is 6. The van der Waals surface area contributed by atoms with Gasteiger partial charge >= 0.3 is 0 Å². The monoisotopic (exact) mass is 335 g/mol. The van der Waals surface area contributed by atoms with Crippen molar-refractivity contribution in [3.8, 4) is 0 Å². The van der Waals surface area contributed by atoms with E-state index < -0.39 is 0 Å². The molecule has 2 heterocycles. The van der Waals surface area contributed by atoms with Gasteiger partial charge in [0.05, 0.1) is 5.75 Å². The van der Waals surface area contributed by atoms with E-state index in [0.717, 1.165) is 17.8 Å². The molecule has 1 N–H and O–H groups in total. The predicted molar refractivity (Wildman–Crippen MR) is 92.6 cm³/mol. The van der Waals surface area contributed by atoms with Crippen LogP contribution in [0, 0.1) is 20.8 Å². The Labute approximate surface area is 139 Å². The Hall–Kier alpha value is -1.40. The minimum Gasteiger partial charge on any atom is -0.353 e. The zero-order chi connectivity index (χ0) is 16.1. The van der Waals surface area contributed by atoms with Crippen molar-refractivity contribution in [3.05, 3.63) is 39.3 Å². The quantitative estimate of drug-likeness (QED) is 0.650. The molecule has 1 atom stereocenters. The minimum absolute atomic E-state index is 0.0218. The summed E-state index contributed by atoms with van der Waals surface area (Å²) in [4.78, 5) is 23.3. The van der Waals surface area contributed by atoms with Crippen LogP contribution in [-0.2, 0) is 11.2 Å². The molecule has 0 bridgehead atoms. The number of hydrogen-bond acceptors (Lipinski definition) is 5. The van der Waals surface area contributed by atoms with Gasteiger partial charge in [-0.2, -0.15) is 0 Å². The second-order valence-electron chi connectivity index (χ2n) is 5.41. The standard InChI is InChI=1S/C16H21N3OS2/c1-10-7-11(2)19-16(18-10)21-9-15(20)17-12(3)8-14-6-5-13(4)22-14/h5-7,12H,8-9H2,1-4H3,(H,17,20). The molecule has 6 heteroatoms. The molecule has 22 heavy (non-hydrogen) atoms. The molecule has 0 radical (unpaired) electrons. The van der Waals surface area contributed by atoms with Crippen molar-refractivity contribution in [3.63, 3.8) is 0 Å². The van der Waals surface area contributed by atoms with Gasteiger partial charge in [-0.1, -0.05) is 11.8 Å². The van der Waals surface area contributed by atoms with E-state index in [9.17, 15) is 4.79 Å². The van der Waals surface area contributed by atoms with Crippen molar-refractivity contribution in [2.75, 3.05) is 5.75 Å². The number of nitrogens with zero attached hydrogens (tertiary/aromatic N) is 2. The molecule has 0 saturated carbocycles. The molecule has 118 valence electrons. The summed E-state index contributed by atoms with van der Waals surface area (Å²) in [6.45, 7) is 8.00. The van der Waals surface area contributed by atoms with E-state index in [1.165, 1.54) is 21.5 Å². The minimum atomic E-state index is 0.0218. The molecule has 0 aliphatic rings. The number of carbonyl (C=O) groups excluding carboxylic acids is 1. The topological polar surface area (TPSA) is 54.9 Å². The molecule has 1 amide bonds. The summed E-state index contributed by atoms with van der Waals surface area (Å²) in [5.41, 5.74) is 1.86. The van der Waals surface area contributed by atoms with Gasteiger partial charge in [-0.05, 0) is 45.9 Å². The van der Waals surface area contributed by atoms with Gasteiger partial charge < -0.3 is 5.32 Å². The molecular weight excluding hydrogens is 314 g/mol. The third-order valence-electron chi connectivity index (χ3n) is 3.00. The highest BCUT2D eigenvalue weighted by molar-refractivity contribution is 7.99. The predicted octanol–water partition coefficient (Wildman–Crippen LogP) is 3.30. The average Bonchev–Trinajstić information content (AvgIpc) is 2.80. The fraction of sp³-hybridized carbons (Fsp3) is 0.438. The maximum atomic E-state index is 12.0. The van der Waals surface area contributed by atoms with E-state index >= 15 is 0 Å². The lowest BCUT2D eigenvalue weighted by atomic mass is 10.2. The summed E-state index contributed by atoms with van der Waals surface area (Å²) in [5.74, 6) is 0.366. The summed E-state index contributed by atoms with van der Waals surface area (Å²) >= 11 is 3.16. The van der Waals surface area contributed by atoms with Crippen molar-refractivity contribution in [2.24, 2.45) is 0 Å². The molecule has 0 saturated heterocycles. The number of nitrogens with one attached hydrogen (secondary N) is 1. The van der Waals surface area contributed by atoms with Crippen LogP contribution in [0.5, 0.6) is 0 Å². The first-order chi connectivity index (χ1) is 10.4. The van der Waals surface area contributed by atoms with Crippen molar-refractivity contribution >= 4 is 29.0 Å². The van der Waals surface area contributed by atoms with Gasteiger partial charge in [0, 0.05) is 33.6 Å². The smallest absolute Gasteiger partial charge is 0.230 e. The van der Waals surface area contributed by atoms with Crippen LogP contribution in [0.4, 0.5) is 0 Å². The van der Waals surface area contributed by atoms with Crippen LogP contribution in [-0.4, -0.2) is 27.7 Å². The van der Waals surface area contributed by atoms with E-state index in [2.05, 4.69) is 34.3 Å². The second kappa shape index (κ2) is 7.74. The highest BCUT2D eigenvalue weighted by Gasteiger charge is 2.11. The largest absolute Gasteiger partial charge is 0.353 e. The van der Waals surface area contributed by atoms with E-state index in [1.54, 1.807) is 11.3 Å². The number of aryl methyl sites for hydroxylation is 3. The number of amides is 1. The number of thioether (sulfide) groups is 1. The van der Waals surface area contributed by atoms with Gasteiger partial charge in [-0.15, -0.1) is 11.3 Å². The van der Waals surface area contributed by atoms with Crippen molar-refractivity contribution in [1.29, 1.82) is 0 Å². The van der Waals surface area contributed by atoms with E-state index in [-0.39, 0.29) is 11.9 Å². The van der Waals surface area contributed by atoms with Gasteiger partial charge in [0.15, 0.2) is 5.16 Å². The summed E-state index contributed by atoms with van der Waals surface area (Å²) in [6.07, 6.45) is 0.870. The van der Waals surface area contributed by atoms with Crippen LogP contribution in [0.25, 0.3) is 0 Å². The summed E-state index contributed by atoms with van der Waals surface area (Å²) in [7, 11) is 0. The zero-order valence-electron chi connectivity index (χ0n) is 13.3. The van der Waals surface area contributed by atoms with Crippen molar-refractivity contribution in [1.82, 2.24) is 15.3 Å². The zero-order valence-corrected chi connectivity index (χ0v) is 15.0. The highest BCUT2D eigenvalue weighted by atomic mass is 32.2. The molecule has 2 aromatic heterocycles. The SMILES string of the molecule is Cc1cc(C)nc(SCC(=O)NC(C)Cc2ccc(C)s2)n1. The molecule has 2 aromatic rings. The van der Waals surface area contributed by atoms with Crippen LogP contribution >= 0.6 is 23.1 Å². The Balaban J connectivity index is 1.79. The van der Waals surface area contributed by atoms with Crippen LogP contribution in [0.2, 0.25) is 0 Å². The number of aromatic nitrogens is 2. The van der Waals surface area contributed by atoms with Gasteiger partial charge in [0.1, 0.15) is 0 Å². The lowest BCUT2D eigenvalue weighted by Gasteiger charge is -2.12. The molecule has 0 fully saturated rings. The second-order valence-corrected chi connectivity index (χ2v) is 7.72. The fourth-order valence-corrected chi connectivity index (χ4v) is 3.93. The number of carbonyl (C=O) groups is 1. The van der Waals surface area contributed by atoms with E-state index in [1.807, 2.05) is 26.8 Å². The molecule has 4 nitrogen and oxygen atoms in total. The molecule has 0 aromatic carbocycles. The first kappa shape index (κ1) is 17.0. The van der Waals surface area contributed by atoms with Gasteiger partial charge in [-0.3, -0.25) is 4.79 Å². The van der Waals surface area contributed by atoms with Gasteiger partial charge in [0.2, 0.25) is 5.91 Å². The highest BCUT2D eigenvalue weighted by Crippen LogP contribution is 2.17. The van der Waals surface area contributed by atoms with Crippen LogP contribution in [0.1, 0.15) is 28.1 Å². The molecule has 2 rings (SSSR count). The van der Waals surface area contributed by atoms with Crippen molar-refractivity contribution in [2.45, 2.75) is 45.3 Å². The fourth-order valence-electron chi connectivity index (χ4n) is 2.15. The third-order valence-corrected chi connectivity index (χ3v) is 4.88. The van der Waals surface area contributed by atoms with Crippen LogP contribution in [0.3, 0.4) is 0 Å². The Morgan fingerprint density at radius 2 is 1.95 bits per heavy atom. The van der Waals surface area contributed by atoms with Crippen molar-refractivity contribution < 1.29 is 4.79 Å². The number of hydrogen-bond donors (Lipinski definition) is 1. The Kier molecular flexibility index (Phi) is 5.97. The lowest BCUT2D eigenvalue weighted by Crippen LogP contribution is -2.35. The number of thiophene rings is 1. The Morgan fingerprint density at radius 3 is 2.55 bits per heavy atom. The maximum Gasteiger partial charge on any atom is 0.230 e. The Bertz CT molecular complexity index is 634. The molecule has 0 aliphatic carbocycles. The summed E-state index contributed by atoms with van der Waals surface area (Å²) in [5, 5.41) is 3.69. The third kappa shape index (κ3) is 5.42. The van der Waals surface area contributed by atoms with Gasteiger partial charge in [-0.25, -0.2) is 9.97 Å². The molecule has 0 aliphatic heterocycles. The molecular formula is C16H21N3OS2. The van der Waals surface area contributed by atoms with Crippen LogP contribution in [0.15, 0.2) is 23.4 Å². The van der Waals surface area contributed by atoms with E-state index in [0.29, 0.717) is 10.9 Å². The van der Waals surface area contributed by atoms with Crippen LogP contribution < -0.4 is 5.32 Å². The normalized spacial score (nSPS) is 12.2. The summed E-state index contributed by atoms with van der Waals surface area (Å²) in [6, 6.07) is 6.30. The maximum absolute atomic E-state index is 12.0. The van der Waals surface area contributed by atoms with E-state index in [4.69, 9.17) is 0 Å². The summed E-state index contributed by atoms with van der Waals surface area (Å²) < 4.78 is 0. The molecule has 0 spiro atoms. The Morgan fingerprint density at radius 1 is 1.27 bits per heavy atom. The molecule has 1 unspecified atom stereocenters. The lowest BCUT2D eigenvalue weighted by molar-refractivity contribution is -0.119.